The van der Waals surface area contributed by atoms with E-state index in [-0.39, 0.29) is 11.8 Å². The molecule has 0 aromatic heterocycles. The lowest BCUT2D eigenvalue weighted by Crippen LogP contribution is -2.29. The van der Waals surface area contributed by atoms with Crippen molar-refractivity contribution in [1.82, 2.24) is 0 Å². The number of carboxylic acids is 1. The Hall–Kier alpha value is -0.790. The van der Waals surface area contributed by atoms with Gasteiger partial charge in [-0.1, -0.05) is 19.1 Å². The number of carboxylic acid groups (broad SMARTS) is 1. The SMILES string of the molecule is C=C1[C@H]2CC[C@H](C2)[C@]1(C)CC(=O)O. The molecule has 0 aromatic carbocycles. The second kappa shape index (κ2) is 2.60. The molecule has 0 heterocycles. The van der Waals surface area contributed by atoms with E-state index in [1.54, 1.807) is 0 Å². The predicted octanol–water partition coefficient (Wildman–Crippen LogP) is 2.45. The number of allylic oxidation sites excluding steroid dienone is 1. The molecular weight excluding hydrogens is 164 g/mol. The predicted molar refractivity (Wildman–Crippen MR) is 50.3 cm³/mol. The van der Waals surface area contributed by atoms with Crippen molar-refractivity contribution in [1.29, 1.82) is 0 Å². The molecule has 0 saturated heterocycles. The fourth-order valence-corrected chi connectivity index (χ4v) is 3.18. The number of hydrogen-bond donors (Lipinski definition) is 1. The zero-order valence-electron chi connectivity index (χ0n) is 8.05. The summed E-state index contributed by atoms with van der Waals surface area (Å²) >= 11 is 0. The minimum Gasteiger partial charge on any atom is -0.481 e. The molecule has 0 unspecified atom stereocenters. The van der Waals surface area contributed by atoms with E-state index in [4.69, 9.17) is 5.11 Å². The normalized spacial score (nSPS) is 42.7. The monoisotopic (exact) mass is 180 g/mol. The van der Waals surface area contributed by atoms with Crippen LogP contribution in [0.25, 0.3) is 0 Å². The summed E-state index contributed by atoms with van der Waals surface area (Å²) in [6.07, 6.45) is 3.89. The Labute approximate surface area is 78.6 Å². The van der Waals surface area contributed by atoms with Crippen molar-refractivity contribution in [3.05, 3.63) is 12.2 Å². The second-order valence-electron chi connectivity index (χ2n) is 4.72. The van der Waals surface area contributed by atoms with Crippen LogP contribution in [0.3, 0.4) is 0 Å². The van der Waals surface area contributed by atoms with E-state index >= 15 is 0 Å². The highest BCUT2D eigenvalue weighted by molar-refractivity contribution is 5.68. The smallest absolute Gasteiger partial charge is 0.304 e. The Morgan fingerprint density at radius 2 is 2.38 bits per heavy atom. The lowest BCUT2D eigenvalue weighted by molar-refractivity contribution is -0.139. The van der Waals surface area contributed by atoms with E-state index in [2.05, 4.69) is 13.5 Å². The number of hydrogen-bond acceptors (Lipinski definition) is 1. The maximum absolute atomic E-state index is 10.7. The molecule has 72 valence electrons. The summed E-state index contributed by atoms with van der Waals surface area (Å²) in [7, 11) is 0. The van der Waals surface area contributed by atoms with Crippen LogP contribution in [-0.2, 0) is 4.79 Å². The molecule has 2 aliphatic rings. The Morgan fingerprint density at radius 3 is 2.85 bits per heavy atom. The lowest BCUT2D eigenvalue weighted by atomic mass is 9.70. The first-order valence-corrected chi connectivity index (χ1v) is 4.95. The minimum absolute atomic E-state index is 0.102. The summed E-state index contributed by atoms with van der Waals surface area (Å²) in [5.74, 6) is 0.520. The molecule has 0 spiro atoms. The molecule has 2 rings (SSSR count). The molecule has 1 N–H and O–H groups in total. The highest BCUT2D eigenvalue weighted by Crippen LogP contribution is 2.60. The van der Waals surface area contributed by atoms with Crippen molar-refractivity contribution >= 4 is 5.97 Å². The standard InChI is InChI=1S/C11H16O2/c1-7-8-3-4-9(5-8)11(7,2)6-10(12)13/h8-9H,1,3-6H2,2H3,(H,12,13)/t8-,9+,11+/m0/s1. The summed E-state index contributed by atoms with van der Waals surface area (Å²) in [5.41, 5.74) is 1.10. The van der Waals surface area contributed by atoms with Gasteiger partial charge in [-0.05, 0) is 31.1 Å². The molecule has 0 aliphatic heterocycles. The van der Waals surface area contributed by atoms with E-state index in [9.17, 15) is 4.79 Å². The number of rotatable bonds is 2. The molecule has 0 amide bonds. The zero-order valence-corrected chi connectivity index (χ0v) is 8.05. The Balaban J connectivity index is 2.22. The van der Waals surface area contributed by atoms with E-state index in [1.807, 2.05) is 0 Å². The van der Waals surface area contributed by atoms with Gasteiger partial charge in [0, 0.05) is 5.41 Å². The fourth-order valence-electron chi connectivity index (χ4n) is 3.18. The van der Waals surface area contributed by atoms with Crippen molar-refractivity contribution in [2.24, 2.45) is 17.3 Å². The molecule has 2 fully saturated rings. The van der Waals surface area contributed by atoms with Gasteiger partial charge in [-0.3, -0.25) is 4.79 Å². The average Bonchev–Trinajstić information content (AvgIpc) is 2.54. The molecule has 2 saturated carbocycles. The molecule has 0 radical (unpaired) electrons. The quantitative estimate of drug-likeness (QED) is 0.663. The van der Waals surface area contributed by atoms with Crippen molar-refractivity contribution < 1.29 is 9.90 Å². The van der Waals surface area contributed by atoms with Crippen LogP contribution in [0.15, 0.2) is 12.2 Å². The van der Waals surface area contributed by atoms with Gasteiger partial charge in [-0.25, -0.2) is 0 Å². The van der Waals surface area contributed by atoms with Crippen LogP contribution in [0, 0.1) is 17.3 Å². The topological polar surface area (TPSA) is 37.3 Å². The molecule has 2 aliphatic carbocycles. The van der Waals surface area contributed by atoms with Gasteiger partial charge < -0.3 is 5.11 Å². The van der Waals surface area contributed by atoms with Crippen molar-refractivity contribution in [3.63, 3.8) is 0 Å². The fraction of sp³-hybridized carbons (Fsp3) is 0.727. The molecule has 0 aromatic rings. The van der Waals surface area contributed by atoms with E-state index in [0.29, 0.717) is 11.8 Å². The van der Waals surface area contributed by atoms with Gasteiger partial charge in [0.25, 0.3) is 0 Å². The van der Waals surface area contributed by atoms with Crippen molar-refractivity contribution in [3.8, 4) is 0 Å². The summed E-state index contributed by atoms with van der Waals surface area (Å²) < 4.78 is 0. The third-order valence-corrected chi connectivity index (χ3v) is 4.08. The number of fused-ring (bicyclic) bond motifs is 2. The first kappa shape index (κ1) is 8.79. The van der Waals surface area contributed by atoms with Crippen LogP contribution in [0.5, 0.6) is 0 Å². The van der Waals surface area contributed by atoms with Gasteiger partial charge in [0.05, 0.1) is 6.42 Å². The van der Waals surface area contributed by atoms with Gasteiger partial charge in [-0.2, -0.15) is 0 Å². The highest BCUT2D eigenvalue weighted by Gasteiger charge is 2.51. The number of carbonyl (C=O) groups is 1. The largest absolute Gasteiger partial charge is 0.481 e. The molecule has 3 atom stereocenters. The summed E-state index contributed by atoms with van der Waals surface area (Å²) in [6, 6.07) is 0. The van der Waals surface area contributed by atoms with E-state index < -0.39 is 5.97 Å². The van der Waals surface area contributed by atoms with E-state index in [1.165, 1.54) is 24.8 Å². The van der Waals surface area contributed by atoms with Gasteiger partial charge in [0.2, 0.25) is 0 Å². The Bertz CT molecular complexity index is 269. The lowest BCUT2D eigenvalue weighted by Gasteiger charge is -2.34. The molecule has 2 bridgehead atoms. The highest BCUT2D eigenvalue weighted by atomic mass is 16.4. The van der Waals surface area contributed by atoms with Crippen LogP contribution in [0.2, 0.25) is 0 Å². The van der Waals surface area contributed by atoms with Crippen LogP contribution < -0.4 is 0 Å². The van der Waals surface area contributed by atoms with Gasteiger partial charge >= 0.3 is 5.97 Å². The maximum atomic E-state index is 10.7. The van der Waals surface area contributed by atoms with Crippen LogP contribution >= 0.6 is 0 Å². The van der Waals surface area contributed by atoms with E-state index in [0.717, 1.165) is 0 Å². The molecular formula is C11H16O2. The summed E-state index contributed by atoms with van der Waals surface area (Å²) in [5, 5.41) is 8.84. The Morgan fingerprint density at radius 1 is 1.69 bits per heavy atom. The molecule has 13 heavy (non-hydrogen) atoms. The molecule has 2 nitrogen and oxygen atoms in total. The van der Waals surface area contributed by atoms with Crippen LogP contribution in [-0.4, -0.2) is 11.1 Å². The van der Waals surface area contributed by atoms with Gasteiger partial charge in [-0.15, -0.1) is 0 Å². The first-order valence-electron chi connectivity index (χ1n) is 4.95. The van der Waals surface area contributed by atoms with Crippen molar-refractivity contribution in [2.45, 2.75) is 32.6 Å². The first-order chi connectivity index (χ1) is 6.04. The van der Waals surface area contributed by atoms with Crippen LogP contribution in [0.1, 0.15) is 32.6 Å². The average molecular weight is 180 g/mol. The third-order valence-electron chi connectivity index (χ3n) is 4.08. The maximum Gasteiger partial charge on any atom is 0.304 e. The zero-order chi connectivity index (χ0) is 9.64. The van der Waals surface area contributed by atoms with Crippen molar-refractivity contribution in [2.75, 3.05) is 0 Å². The Kier molecular flexibility index (Phi) is 1.76. The van der Waals surface area contributed by atoms with Crippen LogP contribution in [0.4, 0.5) is 0 Å². The summed E-state index contributed by atoms with van der Waals surface area (Å²) in [4.78, 5) is 10.7. The summed E-state index contributed by atoms with van der Waals surface area (Å²) in [6.45, 7) is 6.16. The molecule has 2 heteroatoms. The number of aliphatic carboxylic acids is 1. The third kappa shape index (κ3) is 1.11. The van der Waals surface area contributed by atoms with Gasteiger partial charge in [0.1, 0.15) is 0 Å². The van der Waals surface area contributed by atoms with Gasteiger partial charge in [0.15, 0.2) is 0 Å². The minimum atomic E-state index is -0.684. The second-order valence-corrected chi connectivity index (χ2v) is 4.72.